The van der Waals surface area contributed by atoms with Crippen LogP contribution < -0.4 is 16.0 Å². The zero-order chi connectivity index (χ0) is 15.6. The van der Waals surface area contributed by atoms with Crippen LogP contribution in [0.3, 0.4) is 0 Å². The van der Waals surface area contributed by atoms with Crippen molar-refractivity contribution in [1.82, 2.24) is 16.0 Å². The number of hydrogen-bond donors (Lipinski definition) is 4. The van der Waals surface area contributed by atoms with Crippen molar-refractivity contribution in [3.8, 4) is 0 Å². The third kappa shape index (κ3) is 3.61. The summed E-state index contributed by atoms with van der Waals surface area (Å²) in [7, 11) is 0. The molecule has 1 rings (SSSR count). The monoisotopic (exact) mass is 285 g/mol. The van der Waals surface area contributed by atoms with Crippen molar-refractivity contribution >= 4 is 17.9 Å². The van der Waals surface area contributed by atoms with E-state index in [-0.39, 0.29) is 11.9 Å². The number of hydrogen-bond acceptors (Lipinski definition) is 3. The van der Waals surface area contributed by atoms with Crippen LogP contribution in [0.4, 0.5) is 4.79 Å². The van der Waals surface area contributed by atoms with Gasteiger partial charge in [-0.2, -0.15) is 0 Å². The lowest BCUT2D eigenvalue weighted by molar-refractivity contribution is -0.150. The van der Waals surface area contributed by atoms with E-state index in [4.69, 9.17) is 0 Å². The summed E-state index contributed by atoms with van der Waals surface area (Å²) in [4.78, 5) is 34.1. The van der Waals surface area contributed by atoms with E-state index in [1.807, 2.05) is 0 Å². The molecule has 0 aromatic rings. The Balaban J connectivity index is 2.49. The number of rotatable bonds is 5. The van der Waals surface area contributed by atoms with Gasteiger partial charge in [-0.25, -0.2) is 4.79 Å². The number of carbonyl (C=O) groups excluding carboxylic acids is 2. The molecule has 0 bridgehead atoms. The van der Waals surface area contributed by atoms with Crippen LogP contribution in [0.15, 0.2) is 0 Å². The van der Waals surface area contributed by atoms with Gasteiger partial charge in [-0.1, -0.05) is 0 Å². The predicted molar refractivity (Wildman–Crippen MR) is 73.2 cm³/mol. The van der Waals surface area contributed by atoms with Gasteiger partial charge in [0, 0.05) is 19.0 Å². The highest BCUT2D eigenvalue weighted by Crippen LogP contribution is 2.30. The van der Waals surface area contributed by atoms with Gasteiger partial charge in [0.25, 0.3) is 0 Å². The summed E-state index contributed by atoms with van der Waals surface area (Å²) < 4.78 is 0. The number of urea groups is 1. The molecule has 1 heterocycles. The molecule has 1 aliphatic heterocycles. The van der Waals surface area contributed by atoms with Crippen molar-refractivity contribution in [3.63, 3.8) is 0 Å². The Hall–Kier alpha value is -1.79. The normalized spacial score (nSPS) is 19.4. The van der Waals surface area contributed by atoms with E-state index < -0.39 is 23.0 Å². The molecular formula is C13H23N3O4. The summed E-state index contributed by atoms with van der Waals surface area (Å²) in [5.41, 5.74) is -2.02. The number of carboxylic acids is 1. The molecule has 0 radical (unpaired) electrons. The van der Waals surface area contributed by atoms with Crippen LogP contribution in [-0.4, -0.2) is 41.1 Å². The molecule has 1 saturated heterocycles. The standard InChI is InChI=1S/C13H23N3O4/c1-12(2,10(18)19)13(3,4)16-11(20)14-7-8-5-6-9(17)15-8/h8H,5-7H2,1-4H3,(H,15,17)(H,18,19)(H2,14,16,20). The molecule has 1 unspecified atom stereocenters. The Morgan fingerprint density at radius 3 is 2.40 bits per heavy atom. The average Bonchev–Trinajstić information content (AvgIpc) is 2.71. The fourth-order valence-corrected chi connectivity index (χ4v) is 1.80. The van der Waals surface area contributed by atoms with Gasteiger partial charge in [0.1, 0.15) is 0 Å². The number of aliphatic carboxylic acids is 1. The molecule has 7 heteroatoms. The first-order valence-electron chi connectivity index (χ1n) is 6.65. The van der Waals surface area contributed by atoms with Crippen molar-refractivity contribution < 1.29 is 19.5 Å². The highest BCUT2D eigenvalue weighted by Gasteiger charge is 2.44. The molecule has 3 amide bonds. The van der Waals surface area contributed by atoms with E-state index in [0.717, 1.165) is 0 Å². The maximum atomic E-state index is 11.8. The molecule has 0 aromatic carbocycles. The molecule has 1 fully saturated rings. The molecule has 114 valence electrons. The highest BCUT2D eigenvalue weighted by molar-refractivity contribution is 5.80. The molecule has 7 nitrogen and oxygen atoms in total. The van der Waals surface area contributed by atoms with Gasteiger partial charge in [-0.15, -0.1) is 0 Å². The first kappa shape index (κ1) is 16.3. The predicted octanol–water partition coefficient (Wildman–Crippen LogP) is 0.454. The molecule has 0 aliphatic carbocycles. The summed E-state index contributed by atoms with van der Waals surface area (Å²) in [5, 5.41) is 17.3. The van der Waals surface area contributed by atoms with E-state index in [1.54, 1.807) is 27.7 Å². The second kappa shape index (κ2) is 5.68. The molecule has 1 aliphatic rings. The summed E-state index contributed by atoms with van der Waals surface area (Å²) >= 11 is 0. The van der Waals surface area contributed by atoms with Gasteiger partial charge in [0.2, 0.25) is 5.91 Å². The molecule has 0 saturated carbocycles. The average molecular weight is 285 g/mol. The van der Waals surface area contributed by atoms with E-state index >= 15 is 0 Å². The maximum Gasteiger partial charge on any atom is 0.315 e. The zero-order valence-electron chi connectivity index (χ0n) is 12.4. The fraction of sp³-hybridized carbons (Fsp3) is 0.769. The summed E-state index contributed by atoms with van der Waals surface area (Å²) in [6, 6.07) is -0.491. The molecule has 0 aromatic heterocycles. The first-order valence-corrected chi connectivity index (χ1v) is 6.65. The van der Waals surface area contributed by atoms with E-state index in [2.05, 4.69) is 16.0 Å². The van der Waals surface area contributed by atoms with Gasteiger partial charge >= 0.3 is 12.0 Å². The van der Waals surface area contributed by atoms with Crippen molar-refractivity contribution in [2.45, 2.75) is 52.1 Å². The van der Waals surface area contributed by atoms with Gasteiger partial charge < -0.3 is 21.1 Å². The smallest absolute Gasteiger partial charge is 0.315 e. The largest absolute Gasteiger partial charge is 0.481 e. The Labute approximate surface area is 118 Å². The van der Waals surface area contributed by atoms with Crippen LogP contribution >= 0.6 is 0 Å². The van der Waals surface area contributed by atoms with Gasteiger partial charge in [-0.05, 0) is 34.1 Å². The quantitative estimate of drug-likeness (QED) is 0.588. The Kier molecular flexibility index (Phi) is 4.62. The minimum Gasteiger partial charge on any atom is -0.481 e. The van der Waals surface area contributed by atoms with E-state index in [0.29, 0.717) is 19.4 Å². The minimum absolute atomic E-state index is 0.00968. The van der Waals surface area contributed by atoms with Crippen LogP contribution in [0.25, 0.3) is 0 Å². The lowest BCUT2D eigenvalue weighted by Crippen LogP contribution is -2.59. The molecule has 1 atom stereocenters. The molecular weight excluding hydrogens is 262 g/mol. The first-order chi connectivity index (χ1) is 9.06. The lowest BCUT2D eigenvalue weighted by Gasteiger charge is -2.38. The summed E-state index contributed by atoms with van der Waals surface area (Å²) in [6.07, 6.45) is 1.18. The van der Waals surface area contributed by atoms with Crippen molar-refractivity contribution in [2.75, 3.05) is 6.54 Å². The SMILES string of the molecule is CC(C)(NC(=O)NCC1CCC(=O)N1)C(C)(C)C(=O)O. The van der Waals surface area contributed by atoms with Gasteiger partial charge in [0.15, 0.2) is 0 Å². The Morgan fingerprint density at radius 2 is 1.95 bits per heavy atom. The van der Waals surface area contributed by atoms with Crippen LogP contribution in [0.5, 0.6) is 0 Å². The van der Waals surface area contributed by atoms with Crippen LogP contribution in [0.2, 0.25) is 0 Å². The van der Waals surface area contributed by atoms with Gasteiger partial charge in [0.05, 0.1) is 11.0 Å². The third-order valence-corrected chi connectivity index (χ3v) is 4.12. The zero-order valence-corrected chi connectivity index (χ0v) is 12.4. The molecule has 0 spiro atoms. The number of nitrogens with one attached hydrogen (secondary N) is 3. The second-order valence-corrected chi connectivity index (χ2v) is 6.19. The van der Waals surface area contributed by atoms with Crippen LogP contribution in [0.1, 0.15) is 40.5 Å². The van der Waals surface area contributed by atoms with Crippen LogP contribution in [-0.2, 0) is 9.59 Å². The number of carboxylic acid groups (broad SMARTS) is 1. The van der Waals surface area contributed by atoms with E-state index in [9.17, 15) is 19.5 Å². The molecule has 4 N–H and O–H groups in total. The molecule has 20 heavy (non-hydrogen) atoms. The number of amides is 3. The second-order valence-electron chi connectivity index (χ2n) is 6.19. The summed E-state index contributed by atoms with van der Waals surface area (Å²) in [6.45, 7) is 6.79. The lowest BCUT2D eigenvalue weighted by atomic mass is 9.74. The van der Waals surface area contributed by atoms with Crippen LogP contribution in [0, 0.1) is 5.41 Å². The van der Waals surface area contributed by atoms with Crippen molar-refractivity contribution in [2.24, 2.45) is 5.41 Å². The van der Waals surface area contributed by atoms with Crippen molar-refractivity contribution in [3.05, 3.63) is 0 Å². The minimum atomic E-state index is -1.11. The highest BCUT2D eigenvalue weighted by atomic mass is 16.4. The Bertz CT molecular complexity index is 418. The Morgan fingerprint density at radius 1 is 1.35 bits per heavy atom. The van der Waals surface area contributed by atoms with E-state index in [1.165, 1.54) is 0 Å². The maximum absolute atomic E-state index is 11.8. The van der Waals surface area contributed by atoms with Gasteiger partial charge in [-0.3, -0.25) is 9.59 Å². The topological polar surface area (TPSA) is 108 Å². The fourth-order valence-electron chi connectivity index (χ4n) is 1.80. The van der Waals surface area contributed by atoms with Crippen molar-refractivity contribution in [1.29, 1.82) is 0 Å². The number of carbonyl (C=O) groups is 3. The summed E-state index contributed by atoms with van der Waals surface area (Å²) in [5.74, 6) is -0.990. The third-order valence-electron chi connectivity index (χ3n) is 4.12.